The summed E-state index contributed by atoms with van der Waals surface area (Å²) in [7, 11) is 0. The lowest BCUT2D eigenvalue weighted by Crippen LogP contribution is -2.27. The number of ether oxygens (including phenoxy) is 1. The lowest BCUT2D eigenvalue weighted by atomic mass is 9.99. The molecule has 0 fully saturated rings. The van der Waals surface area contributed by atoms with Crippen LogP contribution in [0.4, 0.5) is 0 Å². The quantitative estimate of drug-likeness (QED) is 0.678. The molecule has 0 aliphatic carbocycles. The summed E-state index contributed by atoms with van der Waals surface area (Å²) >= 11 is 0. The summed E-state index contributed by atoms with van der Waals surface area (Å²) < 4.78 is 7.91. The fourth-order valence-corrected chi connectivity index (χ4v) is 3.27. The Balaban J connectivity index is 2.21. The molecule has 3 nitrogen and oxygen atoms in total. The highest BCUT2D eigenvalue weighted by atomic mass is 16.5. The summed E-state index contributed by atoms with van der Waals surface area (Å²) in [5.74, 6) is 0.902. The van der Waals surface area contributed by atoms with Gasteiger partial charge in [-0.25, -0.2) is 0 Å². The zero-order valence-electron chi connectivity index (χ0n) is 16.9. The molecule has 3 heteroatoms. The highest BCUT2D eigenvalue weighted by Gasteiger charge is 2.13. The first-order valence-corrected chi connectivity index (χ1v) is 9.51. The van der Waals surface area contributed by atoms with Gasteiger partial charge in [0.25, 0.3) is 0 Å². The van der Waals surface area contributed by atoms with Crippen molar-refractivity contribution < 1.29 is 4.74 Å². The zero-order valence-corrected chi connectivity index (χ0v) is 16.9. The number of aryl methyl sites for hydroxylation is 2. The monoisotopic (exact) mass is 360 g/mol. The Hall–Kier alpha value is -2.81. The number of hydrogen-bond donors (Lipinski definition) is 0. The van der Waals surface area contributed by atoms with Gasteiger partial charge in [0.15, 0.2) is 0 Å². The minimum Gasteiger partial charge on any atom is -0.491 e. The van der Waals surface area contributed by atoms with Crippen LogP contribution in [0.15, 0.2) is 48.7 Å². The van der Waals surface area contributed by atoms with E-state index in [1.165, 1.54) is 5.57 Å². The number of hydrogen-bond acceptors (Lipinski definition) is 2. The molecule has 1 heterocycles. The molecule has 2 aromatic carbocycles. The van der Waals surface area contributed by atoms with Crippen LogP contribution in [0.3, 0.4) is 0 Å². The maximum Gasteiger partial charge on any atom is 0.123 e. The van der Waals surface area contributed by atoms with Crippen LogP contribution in [-0.4, -0.2) is 15.9 Å². The van der Waals surface area contributed by atoms with Crippen molar-refractivity contribution >= 4 is 12.2 Å². The van der Waals surface area contributed by atoms with Crippen molar-refractivity contribution in [2.45, 2.75) is 47.3 Å². The maximum atomic E-state index is 5.92. The maximum absolute atomic E-state index is 5.92. The van der Waals surface area contributed by atoms with Crippen molar-refractivity contribution in [1.82, 2.24) is 9.78 Å². The van der Waals surface area contributed by atoms with Crippen LogP contribution in [0.2, 0.25) is 0 Å². The number of rotatable bonds is 5. The van der Waals surface area contributed by atoms with Gasteiger partial charge in [0.2, 0.25) is 0 Å². The molecular formula is C24H28N2O. The predicted octanol–water partition coefficient (Wildman–Crippen LogP) is 4.29. The predicted molar refractivity (Wildman–Crippen MR) is 113 cm³/mol. The van der Waals surface area contributed by atoms with E-state index in [0.29, 0.717) is 0 Å². The number of nitrogens with zero attached hydrogens (tertiary/aromatic N) is 2. The third-order valence-corrected chi connectivity index (χ3v) is 4.70. The molecule has 0 radical (unpaired) electrons. The minimum atomic E-state index is 0.145. The van der Waals surface area contributed by atoms with Crippen molar-refractivity contribution in [2.24, 2.45) is 0 Å². The molecule has 0 aliphatic rings. The highest BCUT2D eigenvalue weighted by Crippen LogP contribution is 2.26. The Morgan fingerprint density at radius 1 is 1.19 bits per heavy atom. The van der Waals surface area contributed by atoms with Crippen LogP contribution in [0.1, 0.15) is 38.8 Å². The van der Waals surface area contributed by atoms with Crippen molar-refractivity contribution in [3.8, 4) is 17.0 Å². The van der Waals surface area contributed by atoms with Crippen molar-refractivity contribution in [3.05, 3.63) is 70.2 Å². The largest absolute Gasteiger partial charge is 0.491 e. The van der Waals surface area contributed by atoms with Gasteiger partial charge in [-0.05, 0) is 68.3 Å². The van der Waals surface area contributed by atoms with E-state index < -0.39 is 0 Å². The molecular weight excluding hydrogens is 332 g/mol. The fourth-order valence-electron chi connectivity index (χ4n) is 3.27. The summed E-state index contributed by atoms with van der Waals surface area (Å²) in [6.07, 6.45) is 2.27. The first kappa shape index (κ1) is 19.0. The second-order valence-corrected chi connectivity index (χ2v) is 7.18. The summed E-state index contributed by atoms with van der Waals surface area (Å²) in [4.78, 5) is 0. The summed E-state index contributed by atoms with van der Waals surface area (Å²) in [6.45, 7) is 15.5. The summed E-state index contributed by atoms with van der Waals surface area (Å²) in [6, 6.07) is 14.6. The third kappa shape index (κ3) is 3.97. The average Bonchev–Trinajstić information content (AvgIpc) is 3.09. The van der Waals surface area contributed by atoms with E-state index in [1.807, 2.05) is 30.7 Å². The molecule has 0 saturated heterocycles. The number of aromatic nitrogens is 2. The lowest BCUT2D eigenvalue weighted by molar-refractivity contribution is 0.240. The zero-order chi connectivity index (χ0) is 19.6. The lowest BCUT2D eigenvalue weighted by Gasteiger charge is -2.13. The molecule has 0 bridgehead atoms. The van der Waals surface area contributed by atoms with Crippen LogP contribution in [0, 0.1) is 6.92 Å². The van der Waals surface area contributed by atoms with Crippen LogP contribution in [0.25, 0.3) is 23.4 Å². The normalized spacial score (nSPS) is 12.4. The van der Waals surface area contributed by atoms with E-state index in [2.05, 4.69) is 63.9 Å². The Morgan fingerprint density at radius 2 is 1.89 bits per heavy atom. The molecule has 0 aliphatic heterocycles. The molecule has 0 unspecified atom stereocenters. The van der Waals surface area contributed by atoms with Crippen LogP contribution in [-0.2, 0) is 6.54 Å². The van der Waals surface area contributed by atoms with Gasteiger partial charge in [0.05, 0.1) is 11.8 Å². The van der Waals surface area contributed by atoms with Crippen molar-refractivity contribution in [2.75, 3.05) is 0 Å². The fraction of sp³-hybridized carbons (Fsp3) is 0.292. The van der Waals surface area contributed by atoms with E-state index in [4.69, 9.17) is 9.84 Å². The molecule has 1 aromatic heterocycles. The van der Waals surface area contributed by atoms with E-state index in [9.17, 15) is 0 Å². The van der Waals surface area contributed by atoms with Crippen molar-refractivity contribution in [3.63, 3.8) is 0 Å². The van der Waals surface area contributed by atoms with E-state index in [1.54, 1.807) is 0 Å². The van der Waals surface area contributed by atoms with Gasteiger partial charge >= 0.3 is 0 Å². The van der Waals surface area contributed by atoms with Gasteiger partial charge < -0.3 is 4.74 Å². The van der Waals surface area contributed by atoms with E-state index in [0.717, 1.165) is 45.1 Å². The van der Waals surface area contributed by atoms with Crippen LogP contribution < -0.4 is 15.2 Å². The van der Waals surface area contributed by atoms with Gasteiger partial charge in [-0.2, -0.15) is 5.10 Å². The van der Waals surface area contributed by atoms with Gasteiger partial charge in [-0.15, -0.1) is 0 Å². The SMILES string of the molecule is C=c1cc(OC(C)C)c(C)c/c1=C(/C)c1cn(CC)nc1-c1ccccc1. The molecule has 0 spiro atoms. The standard InChI is InChI=1S/C24H28N2O/c1-7-26-15-22(24(25-26)20-11-9-8-10-12-20)19(6)21-13-18(5)23(14-17(21)4)27-16(2)3/h8-16H,4,7H2,1-3,5-6H3/b21-19+. The second kappa shape index (κ2) is 7.83. The topological polar surface area (TPSA) is 27.1 Å². The van der Waals surface area contributed by atoms with Gasteiger partial charge in [0.1, 0.15) is 5.75 Å². The molecule has 0 amide bonds. The first-order chi connectivity index (χ1) is 12.9. The van der Waals surface area contributed by atoms with E-state index in [-0.39, 0.29) is 6.10 Å². The molecule has 0 atom stereocenters. The average molecular weight is 361 g/mol. The summed E-state index contributed by atoms with van der Waals surface area (Å²) in [5, 5.41) is 6.91. The Bertz CT molecular complexity index is 1050. The van der Waals surface area contributed by atoms with Gasteiger partial charge in [-0.3, -0.25) is 4.68 Å². The Kier molecular flexibility index (Phi) is 5.50. The minimum absolute atomic E-state index is 0.145. The molecule has 0 N–H and O–H groups in total. The summed E-state index contributed by atoms with van der Waals surface area (Å²) in [5.41, 5.74) is 5.58. The molecule has 27 heavy (non-hydrogen) atoms. The Morgan fingerprint density at radius 3 is 2.52 bits per heavy atom. The smallest absolute Gasteiger partial charge is 0.123 e. The molecule has 3 rings (SSSR count). The van der Waals surface area contributed by atoms with E-state index >= 15 is 0 Å². The molecule has 140 valence electrons. The number of benzene rings is 2. The van der Waals surface area contributed by atoms with Crippen LogP contribution >= 0.6 is 0 Å². The second-order valence-electron chi connectivity index (χ2n) is 7.18. The molecule has 3 aromatic rings. The van der Waals surface area contributed by atoms with Crippen molar-refractivity contribution in [1.29, 1.82) is 0 Å². The first-order valence-electron chi connectivity index (χ1n) is 9.51. The van der Waals surface area contributed by atoms with Gasteiger partial charge in [0, 0.05) is 23.9 Å². The Labute approximate surface area is 161 Å². The van der Waals surface area contributed by atoms with Crippen LogP contribution in [0.5, 0.6) is 5.75 Å². The highest BCUT2D eigenvalue weighted by molar-refractivity contribution is 5.77. The third-order valence-electron chi connectivity index (χ3n) is 4.70. The van der Waals surface area contributed by atoms with Gasteiger partial charge in [-0.1, -0.05) is 36.9 Å². The molecule has 0 saturated carbocycles.